The summed E-state index contributed by atoms with van der Waals surface area (Å²) < 4.78 is 32.5. The Morgan fingerprint density at radius 1 is 1.19 bits per heavy atom. The summed E-state index contributed by atoms with van der Waals surface area (Å²) in [7, 11) is -3.69. The van der Waals surface area contributed by atoms with Crippen LogP contribution in [0.15, 0.2) is 47.4 Å². The minimum absolute atomic E-state index is 0.103. The SMILES string of the molecule is Cc1cccc(NC(=O)C(C)On2nnc3ccc(S(=O)(=O)N4CCOCC4)cc32)c1. The molecular formula is C20H23N5O5S. The number of benzene rings is 2. The lowest BCUT2D eigenvalue weighted by atomic mass is 10.2. The van der Waals surface area contributed by atoms with Crippen LogP contribution in [0.25, 0.3) is 11.0 Å². The lowest BCUT2D eigenvalue weighted by Gasteiger charge is -2.26. The number of morpholine rings is 1. The van der Waals surface area contributed by atoms with Gasteiger partial charge in [-0.2, -0.15) is 4.31 Å². The molecule has 1 aromatic heterocycles. The van der Waals surface area contributed by atoms with E-state index in [2.05, 4.69) is 15.6 Å². The summed E-state index contributed by atoms with van der Waals surface area (Å²) in [4.78, 5) is 19.3. The molecule has 1 aliphatic heterocycles. The Hall–Kier alpha value is -3.02. The number of carbonyl (C=O) groups excluding carboxylic acids is 1. The molecule has 1 fully saturated rings. The van der Waals surface area contributed by atoms with E-state index >= 15 is 0 Å². The first-order chi connectivity index (χ1) is 14.8. The van der Waals surface area contributed by atoms with E-state index in [0.29, 0.717) is 43.0 Å². The first kappa shape index (κ1) is 21.2. The van der Waals surface area contributed by atoms with Crippen molar-refractivity contribution in [1.29, 1.82) is 0 Å². The molecule has 2 heterocycles. The zero-order chi connectivity index (χ0) is 22.0. The highest BCUT2D eigenvalue weighted by Crippen LogP contribution is 2.21. The first-order valence-electron chi connectivity index (χ1n) is 9.82. The number of fused-ring (bicyclic) bond motifs is 1. The van der Waals surface area contributed by atoms with Crippen molar-refractivity contribution in [3.05, 3.63) is 48.0 Å². The normalized spacial score (nSPS) is 16.2. The van der Waals surface area contributed by atoms with Gasteiger partial charge in [0.15, 0.2) is 0 Å². The second-order valence-corrected chi connectivity index (χ2v) is 9.17. The lowest BCUT2D eigenvalue weighted by Crippen LogP contribution is -2.40. The maximum atomic E-state index is 12.9. The zero-order valence-electron chi connectivity index (χ0n) is 17.2. The van der Waals surface area contributed by atoms with Crippen molar-refractivity contribution in [3.8, 4) is 0 Å². The molecule has 0 aliphatic carbocycles. The molecule has 1 atom stereocenters. The van der Waals surface area contributed by atoms with Gasteiger partial charge in [-0.05, 0) is 55.0 Å². The molecule has 1 unspecified atom stereocenters. The monoisotopic (exact) mass is 445 g/mol. The number of anilines is 1. The smallest absolute Gasteiger partial charge is 0.267 e. The van der Waals surface area contributed by atoms with Crippen molar-refractivity contribution in [2.45, 2.75) is 24.8 Å². The van der Waals surface area contributed by atoms with E-state index in [9.17, 15) is 13.2 Å². The predicted molar refractivity (Wildman–Crippen MR) is 113 cm³/mol. The fourth-order valence-electron chi connectivity index (χ4n) is 3.22. The Labute approximate surface area is 179 Å². The summed E-state index contributed by atoms with van der Waals surface area (Å²) >= 11 is 0. The van der Waals surface area contributed by atoms with Gasteiger partial charge in [-0.1, -0.05) is 17.0 Å². The Bertz CT molecular complexity index is 1200. The van der Waals surface area contributed by atoms with Gasteiger partial charge in [0.2, 0.25) is 16.1 Å². The molecule has 2 aromatic carbocycles. The van der Waals surface area contributed by atoms with Crippen molar-refractivity contribution >= 4 is 32.7 Å². The first-order valence-corrected chi connectivity index (χ1v) is 11.3. The van der Waals surface area contributed by atoms with Crippen molar-refractivity contribution < 1.29 is 22.8 Å². The van der Waals surface area contributed by atoms with Gasteiger partial charge in [-0.3, -0.25) is 4.79 Å². The number of aromatic nitrogens is 3. The molecular weight excluding hydrogens is 422 g/mol. The molecule has 164 valence electrons. The van der Waals surface area contributed by atoms with Crippen LogP contribution in [-0.4, -0.2) is 66.2 Å². The molecule has 1 amide bonds. The highest BCUT2D eigenvalue weighted by Gasteiger charge is 2.27. The molecule has 0 radical (unpaired) electrons. The third-order valence-electron chi connectivity index (χ3n) is 4.91. The lowest BCUT2D eigenvalue weighted by molar-refractivity contribution is -0.127. The summed E-state index contributed by atoms with van der Waals surface area (Å²) in [5.74, 6) is -0.369. The van der Waals surface area contributed by atoms with Crippen LogP contribution in [0.4, 0.5) is 5.69 Å². The molecule has 10 nitrogen and oxygen atoms in total. The Morgan fingerprint density at radius 2 is 1.97 bits per heavy atom. The maximum absolute atomic E-state index is 12.9. The topological polar surface area (TPSA) is 116 Å². The minimum Gasteiger partial charge on any atom is -0.382 e. The second kappa shape index (κ2) is 8.61. The van der Waals surface area contributed by atoms with E-state index in [0.717, 1.165) is 10.4 Å². The number of carbonyl (C=O) groups is 1. The van der Waals surface area contributed by atoms with Gasteiger partial charge in [0.05, 0.1) is 18.1 Å². The van der Waals surface area contributed by atoms with Gasteiger partial charge < -0.3 is 14.9 Å². The third kappa shape index (κ3) is 4.53. The molecule has 0 bridgehead atoms. The number of sulfonamides is 1. The van der Waals surface area contributed by atoms with E-state index in [1.807, 2.05) is 25.1 Å². The summed E-state index contributed by atoms with van der Waals surface area (Å²) in [6.07, 6.45) is -0.898. The van der Waals surface area contributed by atoms with E-state index in [4.69, 9.17) is 9.57 Å². The highest BCUT2D eigenvalue weighted by atomic mass is 32.2. The molecule has 1 N–H and O–H groups in total. The molecule has 3 aromatic rings. The third-order valence-corrected chi connectivity index (χ3v) is 6.80. The van der Waals surface area contributed by atoms with E-state index in [1.165, 1.54) is 16.4 Å². The Kier molecular flexibility index (Phi) is 5.90. The summed E-state index contributed by atoms with van der Waals surface area (Å²) in [5, 5.41) is 10.7. The predicted octanol–water partition coefficient (Wildman–Crippen LogP) is 1.22. The Balaban J connectivity index is 1.54. The van der Waals surface area contributed by atoms with Crippen molar-refractivity contribution in [2.75, 3.05) is 31.6 Å². The van der Waals surface area contributed by atoms with E-state index in [1.54, 1.807) is 19.1 Å². The fraction of sp³-hybridized carbons (Fsp3) is 0.350. The number of aryl methyl sites for hydroxylation is 1. The molecule has 0 saturated carbocycles. The van der Waals surface area contributed by atoms with Gasteiger partial charge in [-0.15, -0.1) is 5.10 Å². The van der Waals surface area contributed by atoms with Crippen molar-refractivity contribution in [2.24, 2.45) is 0 Å². The standard InChI is InChI=1S/C20H23N5O5S/c1-14-4-3-5-16(12-14)21-20(26)15(2)30-25-19-13-17(6-7-18(19)22-23-25)31(27,28)24-8-10-29-11-9-24/h3-7,12-13,15H,8-11H2,1-2H3,(H,21,26). The number of hydrogen-bond acceptors (Lipinski definition) is 7. The van der Waals surface area contributed by atoms with Crippen LogP contribution in [0.1, 0.15) is 12.5 Å². The van der Waals surface area contributed by atoms with Crippen molar-refractivity contribution in [3.63, 3.8) is 0 Å². The van der Waals surface area contributed by atoms with Gasteiger partial charge in [0.25, 0.3) is 5.91 Å². The number of hydrogen-bond donors (Lipinski definition) is 1. The fourth-order valence-corrected chi connectivity index (χ4v) is 4.65. The average molecular weight is 446 g/mol. The van der Waals surface area contributed by atoms with Crippen LogP contribution >= 0.6 is 0 Å². The highest BCUT2D eigenvalue weighted by molar-refractivity contribution is 7.89. The van der Waals surface area contributed by atoms with Crippen LogP contribution in [-0.2, 0) is 19.6 Å². The summed E-state index contributed by atoms with van der Waals surface area (Å²) in [5.41, 5.74) is 2.47. The summed E-state index contributed by atoms with van der Waals surface area (Å²) in [6.45, 7) is 4.82. The van der Waals surface area contributed by atoms with Gasteiger partial charge in [-0.25, -0.2) is 8.42 Å². The van der Waals surface area contributed by atoms with Crippen LogP contribution < -0.4 is 10.2 Å². The largest absolute Gasteiger partial charge is 0.382 e. The van der Waals surface area contributed by atoms with E-state index < -0.39 is 16.1 Å². The molecule has 31 heavy (non-hydrogen) atoms. The number of ether oxygens (including phenoxy) is 1. The number of nitrogens with zero attached hydrogens (tertiary/aromatic N) is 4. The molecule has 4 rings (SSSR count). The quantitative estimate of drug-likeness (QED) is 0.606. The number of rotatable bonds is 6. The molecule has 1 saturated heterocycles. The van der Waals surface area contributed by atoms with Crippen LogP contribution in [0.5, 0.6) is 0 Å². The van der Waals surface area contributed by atoms with E-state index in [-0.39, 0.29) is 10.8 Å². The van der Waals surface area contributed by atoms with Crippen molar-refractivity contribution in [1.82, 2.24) is 19.5 Å². The maximum Gasteiger partial charge on any atom is 0.267 e. The molecule has 11 heteroatoms. The number of nitrogens with one attached hydrogen (secondary N) is 1. The van der Waals surface area contributed by atoms with Gasteiger partial charge in [0.1, 0.15) is 11.0 Å². The Morgan fingerprint density at radius 3 is 2.71 bits per heavy atom. The number of amides is 1. The van der Waals surface area contributed by atoms with Crippen LogP contribution in [0, 0.1) is 6.92 Å². The molecule has 0 spiro atoms. The summed E-state index contributed by atoms with van der Waals surface area (Å²) in [6, 6.07) is 11.9. The van der Waals surface area contributed by atoms with Gasteiger partial charge >= 0.3 is 0 Å². The average Bonchev–Trinajstić information content (AvgIpc) is 3.16. The zero-order valence-corrected chi connectivity index (χ0v) is 18.0. The molecule has 1 aliphatic rings. The van der Waals surface area contributed by atoms with Crippen LogP contribution in [0.2, 0.25) is 0 Å². The van der Waals surface area contributed by atoms with Crippen LogP contribution in [0.3, 0.4) is 0 Å². The second-order valence-electron chi connectivity index (χ2n) is 7.24. The minimum atomic E-state index is -3.69. The van der Waals surface area contributed by atoms with Gasteiger partial charge in [0, 0.05) is 18.8 Å².